The Morgan fingerprint density at radius 1 is 1.27 bits per heavy atom. The van der Waals surface area contributed by atoms with E-state index in [2.05, 4.69) is 20.0 Å². The fourth-order valence-electron chi connectivity index (χ4n) is 2.32. The van der Waals surface area contributed by atoms with E-state index in [0.717, 1.165) is 15.4 Å². The minimum Gasteiger partial charge on any atom is -0.760 e. The molecule has 3 rings (SSSR count). The summed E-state index contributed by atoms with van der Waals surface area (Å²) >= 11 is 0.573. The Morgan fingerprint density at radius 3 is 2.69 bits per heavy atom. The first-order valence-electron chi connectivity index (χ1n) is 7.56. The van der Waals surface area contributed by atoms with Gasteiger partial charge in [0.25, 0.3) is 5.91 Å². The van der Waals surface area contributed by atoms with Crippen LogP contribution in [0.15, 0.2) is 41.4 Å². The summed E-state index contributed by atoms with van der Waals surface area (Å²) in [6.07, 6.45) is 3.24. The Morgan fingerprint density at radius 2 is 2.12 bits per heavy atom. The lowest BCUT2D eigenvalue weighted by molar-refractivity contribution is 0.0946. The molecule has 2 unspecified atom stereocenters. The molecular formula is C16H15N4O3S3-. The molecule has 7 nitrogen and oxygen atoms in total. The fourth-order valence-corrected chi connectivity index (χ4v) is 4.20. The van der Waals surface area contributed by atoms with E-state index in [1.54, 1.807) is 18.3 Å². The summed E-state index contributed by atoms with van der Waals surface area (Å²) < 4.78 is 24.6. The Balaban J connectivity index is 1.70. The molecule has 136 valence electrons. The zero-order chi connectivity index (χ0) is 18.5. The number of rotatable bonds is 7. The van der Waals surface area contributed by atoms with Gasteiger partial charge in [0.2, 0.25) is 0 Å². The second kappa shape index (κ2) is 8.60. The van der Waals surface area contributed by atoms with Crippen molar-refractivity contribution in [3.05, 3.63) is 68.1 Å². The first-order chi connectivity index (χ1) is 12.5. The first kappa shape index (κ1) is 18.8. The van der Waals surface area contributed by atoms with Crippen molar-refractivity contribution in [2.24, 2.45) is 0 Å². The highest BCUT2D eigenvalue weighted by Crippen LogP contribution is 2.24. The van der Waals surface area contributed by atoms with Gasteiger partial charge in [0.1, 0.15) is 5.69 Å². The van der Waals surface area contributed by atoms with Gasteiger partial charge in [-0.15, -0.1) is 11.3 Å². The molecule has 0 bridgehead atoms. The molecule has 3 aromatic heterocycles. The summed E-state index contributed by atoms with van der Waals surface area (Å²) in [4.78, 5) is 21.5. The van der Waals surface area contributed by atoms with Crippen LogP contribution in [0.3, 0.4) is 0 Å². The van der Waals surface area contributed by atoms with Gasteiger partial charge in [-0.2, -0.15) is 11.3 Å². The minimum atomic E-state index is -2.42. The van der Waals surface area contributed by atoms with Crippen LogP contribution in [-0.2, 0) is 17.8 Å². The van der Waals surface area contributed by atoms with Crippen LogP contribution in [0, 0.1) is 6.92 Å². The lowest BCUT2D eigenvalue weighted by atomic mass is 10.0. The topological polar surface area (TPSA) is 107 Å². The molecule has 26 heavy (non-hydrogen) atoms. The average Bonchev–Trinajstić information content (AvgIpc) is 3.29. The number of carbonyl (C=O) groups is 1. The normalized spacial score (nSPS) is 13.3. The van der Waals surface area contributed by atoms with Crippen LogP contribution in [0.5, 0.6) is 0 Å². The largest absolute Gasteiger partial charge is 0.760 e. The van der Waals surface area contributed by atoms with Crippen LogP contribution in [0.2, 0.25) is 0 Å². The molecule has 0 aromatic carbocycles. The lowest BCUT2D eigenvalue weighted by Gasteiger charge is -2.19. The number of carbonyl (C=O) groups excluding carboxylic acids is 1. The van der Waals surface area contributed by atoms with E-state index in [-0.39, 0.29) is 11.6 Å². The maximum absolute atomic E-state index is 12.2. The van der Waals surface area contributed by atoms with E-state index in [9.17, 15) is 13.6 Å². The summed E-state index contributed by atoms with van der Waals surface area (Å²) in [6.45, 7) is 2.30. The van der Waals surface area contributed by atoms with Crippen molar-refractivity contribution in [3.63, 3.8) is 0 Å². The number of hydrogen-bond acceptors (Lipinski definition) is 7. The molecular weight excluding hydrogens is 392 g/mol. The van der Waals surface area contributed by atoms with E-state index in [0.29, 0.717) is 12.1 Å². The number of pyridine rings is 1. The number of nitrogens with zero attached hydrogens (tertiary/aromatic N) is 2. The highest BCUT2D eigenvalue weighted by atomic mass is 32.2. The number of thiazole rings is 1. The third-order valence-electron chi connectivity index (χ3n) is 3.54. The predicted octanol–water partition coefficient (Wildman–Crippen LogP) is 2.31. The Hall–Kier alpha value is -1.98. The smallest absolute Gasteiger partial charge is 0.270 e. The van der Waals surface area contributed by atoms with Gasteiger partial charge in [0.05, 0.1) is 17.6 Å². The molecule has 0 saturated heterocycles. The molecule has 0 aliphatic heterocycles. The molecule has 10 heteroatoms. The second-order valence-corrected chi connectivity index (χ2v) is 8.15. The number of nitrogens with one attached hydrogen (secondary N) is 2. The second-order valence-electron chi connectivity index (χ2n) is 5.35. The van der Waals surface area contributed by atoms with E-state index in [1.807, 2.05) is 23.8 Å². The molecule has 0 aliphatic carbocycles. The van der Waals surface area contributed by atoms with E-state index >= 15 is 0 Å². The quantitative estimate of drug-likeness (QED) is 0.585. The standard InChI is InChI=1S/C16H16N4O3S3/c1-10-17-7-13(25-10)8-19-16(21)14-3-2-11(6-18-14)15(20-26(22)23)12-4-5-24-9-12/h2-7,9,15,20H,8H2,1H3,(H,19,21)(H,22,23)/p-1. The zero-order valence-electron chi connectivity index (χ0n) is 13.7. The maximum atomic E-state index is 12.2. The van der Waals surface area contributed by atoms with Gasteiger partial charge >= 0.3 is 0 Å². The van der Waals surface area contributed by atoms with Crippen molar-refractivity contribution in [1.29, 1.82) is 0 Å². The number of aromatic nitrogens is 2. The lowest BCUT2D eigenvalue weighted by Crippen LogP contribution is -2.25. The molecule has 2 N–H and O–H groups in total. The number of thiophene rings is 1. The minimum absolute atomic E-state index is 0.266. The van der Waals surface area contributed by atoms with Crippen molar-refractivity contribution in [2.45, 2.75) is 19.5 Å². The molecule has 0 aliphatic rings. The van der Waals surface area contributed by atoms with Crippen LogP contribution < -0.4 is 10.0 Å². The van der Waals surface area contributed by atoms with E-state index < -0.39 is 17.3 Å². The summed E-state index contributed by atoms with van der Waals surface area (Å²) in [6, 6.07) is 4.58. The molecule has 0 saturated carbocycles. The molecule has 1 amide bonds. The third kappa shape index (κ3) is 4.80. The summed E-state index contributed by atoms with van der Waals surface area (Å²) in [5, 5.41) is 7.47. The van der Waals surface area contributed by atoms with Gasteiger partial charge in [-0.1, -0.05) is 6.07 Å². The summed E-state index contributed by atoms with van der Waals surface area (Å²) in [5.74, 6) is -0.296. The molecule has 3 heterocycles. The van der Waals surface area contributed by atoms with Crippen LogP contribution >= 0.6 is 22.7 Å². The van der Waals surface area contributed by atoms with Gasteiger partial charge in [0, 0.05) is 28.5 Å². The predicted molar refractivity (Wildman–Crippen MR) is 100 cm³/mol. The van der Waals surface area contributed by atoms with Gasteiger partial charge in [0.15, 0.2) is 0 Å². The van der Waals surface area contributed by atoms with Crippen molar-refractivity contribution >= 4 is 39.8 Å². The molecule has 0 radical (unpaired) electrons. The number of hydrogen-bond donors (Lipinski definition) is 2. The molecule has 3 aromatic rings. The zero-order valence-corrected chi connectivity index (χ0v) is 16.1. The SMILES string of the molecule is Cc1ncc(CNC(=O)c2ccc(C(NS(=O)[O-])c3ccsc3)cn2)s1. The average molecular weight is 408 g/mol. The molecule has 0 fully saturated rings. The number of amides is 1. The van der Waals surface area contributed by atoms with Gasteiger partial charge in [-0.25, -0.2) is 9.71 Å². The van der Waals surface area contributed by atoms with Crippen LogP contribution in [0.4, 0.5) is 0 Å². The monoisotopic (exact) mass is 407 g/mol. The van der Waals surface area contributed by atoms with Gasteiger partial charge < -0.3 is 9.87 Å². The van der Waals surface area contributed by atoms with Crippen LogP contribution in [-0.4, -0.2) is 24.6 Å². The van der Waals surface area contributed by atoms with Crippen molar-refractivity contribution < 1.29 is 13.6 Å². The fraction of sp³-hybridized carbons (Fsp3) is 0.188. The molecule has 0 spiro atoms. The number of aryl methyl sites for hydroxylation is 1. The summed E-state index contributed by atoms with van der Waals surface area (Å²) in [5.41, 5.74) is 1.74. The van der Waals surface area contributed by atoms with Gasteiger partial charge in [-0.3, -0.25) is 14.0 Å². The summed E-state index contributed by atoms with van der Waals surface area (Å²) in [7, 11) is 0. The highest BCUT2D eigenvalue weighted by Gasteiger charge is 2.16. The third-order valence-corrected chi connectivity index (χ3v) is 5.58. The van der Waals surface area contributed by atoms with E-state index in [4.69, 9.17) is 0 Å². The first-order valence-corrected chi connectivity index (χ1v) is 10.4. The highest BCUT2D eigenvalue weighted by molar-refractivity contribution is 7.77. The van der Waals surface area contributed by atoms with Crippen LogP contribution in [0.25, 0.3) is 0 Å². The Labute approximate surface area is 160 Å². The maximum Gasteiger partial charge on any atom is 0.270 e. The van der Waals surface area contributed by atoms with Crippen LogP contribution in [0.1, 0.15) is 37.5 Å². The van der Waals surface area contributed by atoms with Crippen molar-refractivity contribution in [3.8, 4) is 0 Å². The Bertz CT molecular complexity index is 894. The van der Waals surface area contributed by atoms with Gasteiger partial charge in [-0.05, 0) is 40.9 Å². The molecule has 2 atom stereocenters. The van der Waals surface area contributed by atoms with Crippen molar-refractivity contribution in [2.75, 3.05) is 0 Å². The van der Waals surface area contributed by atoms with Crippen molar-refractivity contribution in [1.82, 2.24) is 20.0 Å². The Kier molecular flexibility index (Phi) is 6.22. The van der Waals surface area contributed by atoms with E-state index in [1.165, 1.54) is 28.9 Å².